The highest BCUT2D eigenvalue weighted by Gasteiger charge is 2.20. The van der Waals surface area contributed by atoms with Crippen LogP contribution in [0.3, 0.4) is 0 Å². The van der Waals surface area contributed by atoms with Gasteiger partial charge in [0.05, 0.1) is 0 Å². The molecule has 0 radical (unpaired) electrons. The van der Waals surface area contributed by atoms with Crippen LogP contribution in [0, 0.1) is 0 Å². The van der Waals surface area contributed by atoms with Crippen LogP contribution in [0.1, 0.15) is 18.7 Å². The summed E-state index contributed by atoms with van der Waals surface area (Å²) in [5.74, 6) is 0.645. The third-order valence-electron chi connectivity index (χ3n) is 2.99. The smallest absolute Gasteiger partial charge is 0.314 e. The van der Waals surface area contributed by atoms with Gasteiger partial charge in [0.25, 0.3) is 0 Å². The molecule has 7 heteroatoms. The molecule has 0 unspecified atom stereocenters. The Bertz CT molecular complexity index is 346. The minimum absolute atomic E-state index is 0.325. The molecule has 94 valence electrons. The van der Waals surface area contributed by atoms with Crippen LogP contribution in [0.5, 0.6) is 0 Å². The number of aromatic nitrogens is 2. The van der Waals surface area contributed by atoms with Gasteiger partial charge in [0.2, 0.25) is 5.89 Å². The SMILES string of the molecule is NC(=O)N1CCC(NCCc2ncno2)CC1. The maximum Gasteiger partial charge on any atom is 0.314 e. The predicted molar refractivity (Wildman–Crippen MR) is 60.2 cm³/mol. The molecule has 1 fully saturated rings. The standard InChI is InChI=1S/C10H17N5O2/c11-10(16)15-5-2-8(3-6-15)12-4-1-9-13-7-14-17-9/h7-8,12H,1-6H2,(H2,11,16). The van der Waals surface area contributed by atoms with Gasteiger partial charge in [0.1, 0.15) is 0 Å². The molecule has 0 bridgehead atoms. The Morgan fingerprint density at radius 1 is 1.59 bits per heavy atom. The van der Waals surface area contributed by atoms with E-state index in [0.29, 0.717) is 11.9 Å². The van der Waals surface area contributed by atoms with Crippen molar-refractivity contribution in [1.82, 2.24) is 20.4 Å². The zero-order chi connectivity index (χ0) is 12.1. The molecule has 2 amide bonds. The van der Waals surface area contributed by atoms with Gasteiger partial charge in [-0.2, -0.15) is 4.98 Å². The van der Waals surface area contributed by atoms with Crippen molar-refractivity contribution in [2.24, 2.45) is 5.73 Å². The zero-order valence-corrected chi connectivity index (χ0v) is 9.63. The van der Waals surface area contributed by atoms with Crippen LogP contribution in [0.25, 0.3) is 0 Å². The lowest BCUT2D eigenvalue weighted by molar-refractivity contribution is 0.185. The van der Waals surface area contributed by atoms with Gasteiger partial charge in [-0.1, -0.05) is 5.16 Å². The van der Waals surface area contributed by atoms with Gasteiger partial charge >= 0.3 is 6.03 Å². The lowest BCUT2D eigenvalue weighted by Crippen LogP contribution is -2.47. The summed E-state index contributed by atoms with van der Waals surface area (Å²) in [5.41, 5.74) is 5.22. The maximum absolute atomic E-state index is 10.9. The number of likely N-dealkylation sites (tertiary alicyclic amines) is 1. The molecule has 3 N–H and O–H groups in total. The summed E-state index contributed by atoms with van der Waals surface area (Å²) in [6.45, 7) is 2.27. The van der Waals surface area contributed by atoms with Crippen molar-refractivity contribution in [3.05, 3.63) is 12.2 Å². The normalized spacial score (nSPS) is 17.3. The minimum Gasteiger partial charge on any atom is -0.351 e. The molecule has 1 aromatic rings. The van der Waals surface area contributed by atoms with Gasteiger partial charge in [-0.25, -0.2) is 4.79 Å². The van der Waals surface area contributed by atoms with Crippen molar-refractivity contribution < 1.29 is 9.32 Å². The molecule has 0 aliphatic carbocycles. The first-order valence-electron chi connectivity index (χ1n) is 5.79. The van der Waals surface area contributed by atoms with Crippen molar-refractivity contribution >= 4 is 6.03 Å². The van der Waals surface area contributed by atoms with Crippen molar-refractivity contribution in [2.45, 2.75) is 25.3 Å². The van der Waals surface area contributed by atoms with E-state index in [0.717, 1.165) is 38.9 Å². The minimum atomic E-state index is -0.325. The Morgan fingerprint density at radius 2 is 2.35 bits per heavy atom. The largest absolute Gasteiger partial charge is 0.351 e. The number of hydrogen-bond donors (Lipinski definition) is 2. The van der Waals surface area contributed by atoms with Crippen LogP contribution in [-0.4, -0.2) is 46.7 Å². The molecule has 2 rings (SSSR count). The topological polar surface area (TPSA) is 97.3 Å². The summed E-state index contributed by atoms with van der Waals surface area (Å²) in [6.07, 6.45) is 4.01. The van der Waals surface area contributed by atoms with Crippen LogP contribution < -0.4 is 11.1 Å². The van der Waals surface area contributed by atoms with Crippen LogP contribution in [0.15, 0.2) is 10.9 Å². The number of primary amides is 1. The summed E-state index contributed by atoms with van der Waals surface area (Å²) in [4.78, 5) is 16.6. The fourth-order valence-electron chi connectivity index (χ4n) is 1.99. The molecule has 1 aliphatic heterocycles. The second-order valence-corrected chi connectivity index (χ2v) is 4.14. The highest BCUT2D eigenvalue weighted by atomic mass is 16.5. The third kappa shape index (κ3) is 3.42. The summed E-state index contributed by atoms with van der Waals surface area (Å²) in [5, 5.41) is 6.96. The number of amides is 2. The lowest BCUT2D eigenvalue weighted by Gasteiger charge is -2.31. The molecular weight excluding hydrogens is 222 g/mol. The molecule has 0 spiro atoms. The number of hydrogen-bond acceptors (Lipinski definition) is 5. The fourth-order valence-corrected chi connectivity index (χ4v) is 1.99. The van der Waals surface area contributed by atoms with Gasteiger partial charge in [0, 0.05) is 32.1 Å². The van der Waals surface area contributed by atoms with E-state index in [1.54, 1.807) is 4.90 Å². The summed E-state index contributed by atoms with van der Waals surface area (Å²) >= 11 is 0. The Kier molecular flexibility index (Phi) is 3.92. The average molecular weight is 239 g/mol. The molecule has 17 heavy (non-hydrogen) atoms. The Morgan fingerprint density at radius 3 is 2.94 bits per heavy atom. The first kappa shape index (κ1) is 11.8. The van der Waals surface area contributed by atoms with Gasteiger partial charge in [-0.05, 0) is 12.8 Å². The second-order valence-electron chi connectivity index (χ2n) is 4.14. The van der Waals surface area contributed by atoms with Crippen LogP contribution in [-0.2, 0) is 6.42 Å². The maximum atomic E-state index is 10.9. The van der Waals surface area contributed by atoms with Crippen LogP contribution in [0.4, 0.5) is 4.79 Å². The first-order valence-corrected chi connectivity index (χ1v) is 5.79. The number of nitrogens with two attached hydrogens (primary N) is 1. The van der Waals surface area contributed by atoms with Crippen molar-refractivity contribution in [3.8, 4) is 0 Å². The summed E-state index contributed by atoms with van der Waals surface area (Å²) in [7, 11) is 0. The van der Waals surface area contributed by atoms with E-state index >= 15 is 0 Å². The van der Waals surface area contributed by atoms with Crippen molar-refractivity contribution in [3.63, 3.8) is 0 Å². The molecular formula is C10H17N5O2. The molecule has 7 nitrogen and oxygen atoms in total. The number of rotatable bonds is 4. The zero-order valence-electron chi connectivity index (χ0n) is 9.63. The average Bonchev–Trinajstić information content (AvgIpc) is 2.83. The van der Waals surface area contributed by atoms with E-state index in [2.05, 4.69) is 15.5 Å². The number of urea groups is 1. The highest BCUT2D eigenvalue weighted by molar-refractivity contribution is 5.72. The number of carbonyl (C=O) groups is 1. The quantitative estimate of drug-likeness (QED) is 0.754. The van der Waals surface area contributed by atoms with E-state index in [1.807, 2.05) is 0 Å². The molecule has 0 aromatic carbocycles. The Labute approximate surface area is 99.3 Å². The van der Waals surface area contributed by atoms with E-state index < -0.39 is 0 Å². The monoisotopic (exact) mass is 239 g/mol. The highest BCUT2D eigenvalue weighted by Crippen LogP contribution is 2.09. The number of nitrogens with one attached hydrogen (secondary N) is 1. The number of carbonyl (C=O) groups excluding carboxylic acids is 1. The van der Waals surface area contributed by atoms with Gasteiger partial charge in [0.15, 0.2) is 6.33 Å². The fraction of sp³-hybridized carbons (Fsp3) is 0.700. The third-order valence-corrected chi connectivity index (χ3v) is 2.99. The second kappa shape index (κ2) is 5.62. The van der Waals surface area contributed by atoms with Gasteiger partial charge in [-0.15, -0.1) is 0 Å². The van der Waals surface area contributed by atoms with Crippen LogP contribution >= 0.6 is 0 Å². The van der Waals surface area contributed by atoms with Gasteiger partial charge < -0.3 is 20.5 Å². The van der Waals surface area contributed by atoms with E-state index in [1.165, 1.54) is 6.33 Å². The molecule has 1 aromatic heterocycles. The number of nitrogens with zero attached hydrogens (tertiary/aromatic N) is 3. The summed E-state index contributed by atoms with van der Waals surface area (Å²) < 4.78 is 4.90. The molecule has 1 saturated heterocycles. The van der Waals surface area contributed by atoms with Gasteiger partial charge in [-0.3, -0.25) is 0 Å². The summed E-state index contributed by atoms with van der Waals surface area (Å²) in [6, 6.07) is 0.114. The Balaban J connectivity index is 1.63. The molecule has 1 aliphatic rings. The van der Waals surface area contributed by atoms with E-state index in [9.17, 15) is 4.79 Å². The molecule has 0 saturated carbocycles. The Hall–Kier alpha value is -1.63. The van der Waals surface area contributed by atoms with E-state index in [4.69, 9.17) is 10.3 Å². The lowest BCUT2D eigenvalue weighted by atomic mass is 10.1. The van der Waals surface area contributed by atoms with Crippen LogP contribution in [0.2, 0.25) is 0 Å². The number of piperidine rings is 1. The molecule has 2 heterocycles. The first-order chi connectivity index (χ1) is 8.25. The molecule has 0 atom stereocenters. The van der Waals surface area contributed by atoms with Crippen molar-refractivity contribution in [2.75, 3.05) is 19.6 Å². The predicted octanol–water partition coefficient (Wildman–Crippen LogP) is -0.255. The van der Waals surface area contributed by atoms with Crippen molar-refractivity contribution in [1.29, 1.82) is 0 Å². The van der Waals surface area contributed by atoms with E-state index in [-0.39, 0.29) is 6.03 Å².